The summed E-state index contributed by atoms with van der Waals surface area (Å²) in [5.74, 6) is 0.518. The second-order valence-electron chi connectivity index (χ2n) is 9.26. The zero-order chi connectivity index (χ0) is 24.3. The number of ether oxygens (including phenoxy) is 1. The maximum atomic E-state index is 12.7. The van der Waals surface area contributed by atoms with Crippen molar-refractivity contribution in [2.45, 2.75) is 52.2 Å². The van der Waals surface area contributed by atoms with E-state index in [1.54, 1.807) is 6.07 Å². The average Bonchev–Trinajstić information content (AvgIpc) is 3.15. The van der Waals surface area contributed by atoms with Crippen molar-refractivity contribution in [1.82, 2.24) is 9.47 Å². The number of hydrogen-bond donors (Lipinski definition) is 2. The van der Waals surface area contributed by atoms with Crippen LogP contribution >= 0.6 is 0 Å². The van der Waals surface area contributed by atoms with Gasteiger partial charge in [0, 0.05) is 42.3 Å². The van der Waals surface area contributed by atoms with Crippen LogP contribution in [0.3, 0.4) is 0 Å². The van der Waals surface area contributed by atoms with E-state index in [4.69, 9.17) is 11.5 Å². The summed E-state index contributed by atoms with van der Waals surface area (Å²) >= 11 is 0. The van der Waals surface area contributed by atoms with E-state index in [-0.39, 0.29) is 12.3 Å². The molecule has 0 aliphatic carbocycles. The van der Waals surface area contributed by atoms with Crippen molar-refractivity contribution in [2.24, 2.45) is 17.4 Å². The van der Waals surface area contributed by atoms with Gasteiger partial charge in [-0.25, -0.2) is 0 Å². The number of nitrogens with zero attached hydrogens (tertiary/aromatic N) is 2. The minimum Gasteiger partial charge on any atom is -0.406 e. The molecule has 2 aromatic carbocycles. The first-order valence-corrected chi connectivity index (χ1v) is 11.9. The van der Waals surface area contributed by atoms with Gasteiger partial charge in [-0.3, -0.25) is 4.90 Å². The highest BCUT2D eigenvalue weighted by atomic mass is 19.4. The molecular formula is C26H33F3N4O. The maximum absolute atomic E-state index is 12.7. The summed E-state index contributed by atoms with van der Waals surface area (Å²) in [6.45, 7) is 6.84. The minimum atomic E-state index is -4.74. The summed E-state index contributed by atoms with van der Waals surface area (Å²) < 4.78 is 44.4. The molecule has 0 radical (unpaired) electrons. The zero-order valence-electron chi connectivity index (χ0n) is 19.6. The molecule has 1 aromatic heterocycles. The average molecular weight is 475 g/mol. The van der Waals surface area contributed by atoms with Crippen molar-refractivity contribution in [2.75, 3.05) is 19.6 Å². The molecule has 2 heterocycles. The number of alkyl halides is 3. The SMILES string of the molecule is CC1CCN(Cc2ccc3c(c2)c(-c2ccc(OC(F)(F)F)cc2CN)cn3CCCN)CC1. The Kier molecular flexibility index (Phi) is 7.50. The monoisotopic (exact) mass is 474 g/mol. The second-order valence-corrected chi connectivity index (χ2v) is 9.26. The fourth-order valence-electron chi connectivity index (χ4n) is 4.78. The van der Waals surface area contributed by atoms with E-state index in [1.165, 1.54) is 30.5 Å². The van der Waals surface area contributed by atoms with Crippen LogP contribution in [0.5, 0.6) is 5.75 Å². The van der Waals surface area contributed by atoms with Crippen LogP contribution in [-0.4, -0.2) is 35.5 Å². The van der Waals surface area contributed by atoms with Gasteiger partial charge in [0.25, 0.3) is 0 Å². The number of hydrogen-bond acceptors (Lipinski definition) is 4. The molecule has 0 atom stereocenters. The largest absolute Gasteiger partial charge is 0.573 e. The molecular weight excluding hydrogens is 441 g/mol. The highest BCUT2D eigenvalue weighted by Gasteiger charge is 2.31. The molecule has 0 saturated carbocycles. The Bertz CT molecular complexity index is 1120. The quantitative estimate of drug-likeness (QED) is 0.468. The van der Waals surface area contributed by atoms with E-state index in [2.05, 4.69) is 45.5 Å². The molecule has 8 heteroatoms. The molecule has 34 heavy (non-hydrogen) atoms. The topological polar surface area (TPSA) is 69.4 Å². The first-order valence-electron chi connectivity index (χ1n) is 11.9. The van der Waals surface area contributed by atoms with Crippen LogP contribution in [0.1, 0.15) is 37.3 Å². The Balaban J connectivity index is 1.73. The number of piperidine rings is 1. The predicted octanol–water partition coefficient (Wildman–Crippen LogP) is 5.25. The molecule has 1 fully saturated rings. The maximum Gasteiger partial charge on any atom is 0.573 e. The third-order valence-electron chi connectivity index (χ3n) is 6.65. The summed E-state index contributed by atoms with van der Waals surface area (Å²) in [4.78, 5) is 2.49. The van der Waals surface area contributed by atoms with E-state index in [0.717, 1.165) is 60.5 Å². The molecule has 0 unspecified atom stereocenters. The molecule has 0 bridgehead atoms. The van der Waals surface area contributed by atoms with Crippen molar-refractivity contribution >= 4 is 10.9 Å². The number of fused-ring (bicyclic) bond motifs is 1. The summed E-state index contributed by atoms with van der Waals surface area (Å²) in [6.07, 6.45) is 0.585. The van der Waals surface area contributed by atoms with E-state index in [0.29, 0.717) is 12.1 Å². The summed E-state index contributed by atoms with van der Waals surface area (Å²) in [5.41, 5.74) is 16.4. The first-order chi connectivity index (χ1) is 16.3. The van der Waals surface area contributed by atoms with Crippen LogP contribution in [0.25, 0.3) is 22.0 Å². The van der Waals surface area contributed by atoms with E-state index < -0.39 is 6.36 Å². The molecule has 1 aliphatic rings. The molecule has 4 rings (SSSR count). The molecule has 0 spiro atoms. The third kappa shape index (κ3) is 5.74. The van der Waals surface area contributed by atoms with Crippen LogP contribution < -0.4 is 16.2 Å². The van der Waals surface area contributed by atoms with Gasteiger partial charge in [0.15, 0.2) is 0 Å². The van der Waals surface area contributed by atoms with Gasteiger partial charge in [0.2, 0.25) is 0 Å². The molecule has 1 aliphatic heterocycles. The lowest BCUT2D eigenvalue weighted by Crippen LogP contribution is -2.32. The molecule has 5 nitrogen and oxygen atoms in total. The third-order valence-corrected chi connectivity index (χ3v) is 6.65. The fraction of sp³-hybridized carbons (Fsp3) is 0.462. The minimum absolute atomic E-state index is 0.103. The van der Waals surface area contributed by atoms with E-state index in [9.17, 15) is 13.2 Å². The highest BCUT2D eigenvalue weighted by molar-refractivity contribution is 5.97. The zero-order valence-corrected chi connectivity index (χ0v) is 19.6. The summed E-state index contributed by atoms with van der Waals surface area (Å²) in [5, 5.41) is 1.07. The summed E-state index contributed by atoms with van der Waals surface area (Å²) in [6, 6.07) is 10.9. The van der Waals surface area contributed by atoms with Crippen LogP contribution in [0.2, 0.25) is 0 Å². The van der Waals surface area contributed by atoms with Crippen molar-refractivity contribution in [3.8, 4) is 16.9 Å². The Labute approximate surface area is 198 Å². The summed E-state index contributed by atoms with van der Waals surface area (Å²) in [7, 11) is 0. The Morgan fingerprint density at radius 3 is 2.47 bits per heavy atom. The standard InChI is InChI=1S/C26H33F3N4O/c1-18-7-11-32(12-8-18)16-19-3-6-25-23(13-19)24(17-33(25)10-2-9-30)22-5-4-21(14-20(22)15-31)34-26(27,28)29/h3-6,13-14,17-18H,2,7-12,15-16,30-31H2,1H3. The molecule has 184 valence electrons. The highest BCUT2D eigenvalue weighted by Crippen LogP contribution is 2.36. The number of aromatic nitrogens is 1. The van der Waals surface area contributed by atoms with E-state index >= 15 is 0 Å². The van der Waals surface area contributed by atoms with Crippen molar-refractivity contribution in [3.63, 3.8) is 0 Å². The number of likely N-dealkylation sites (tertiary alicyclic amines) is 1. The van der Waals surface area contributed by atoms with Gasteiger partial charge in [-0.1, -0.05) is 19.1 Å². The Morgan fingerprint density at radius 1 is 1.03 bits per heavy atom. The smallest absolute Gasteiger partial charge is 0.406 e. The number of rotatable bonds is 8. The van der Waals surface area contributed by atoms with Crippen LogP contribution in [0.15, 0.2) is 42.6 Å². The lowest BCUT2D eigenvalue weighted by molar-refractivity contribution is -0.274. The normalized spacial score (nSPS) is 15.8. The van der Waals surface area contributed by atoms with Gasteiger partial charge in [-0.2, -0.15) is 0 Å². The van der Waals surface area contributed by atoms with E-state index in [1.807, 2.05) is 0 Å². The van der Waals surface area contributed by atoms with Gasteiger partial charge in [0.1, 0.15) is 5.75 Å². The van der Waals surface area contributed by atoms with Gasteiger partial charge >= 0.3 is 6.36 Å². The molecule has 0 amide bonds. The van der Waals surface area contributed by atoms with Crippen LogP contribution in [0.4, 0.5) is 13.2 Å². The van der Waals surface area contributed by atoms with Gasteiger partial charge in [0.05, 0.1) is 0 Å². The predicted molar refractivity (Wildman–Crippen MR) is 129 cm³/mol. The first kappa shape index (κ1) is 24.6. The number of nitrogens with two attached hydrogens (primary N) is 2. The Hall–Kier alpha value is -2.55. The molecule has 3 aromatic rings. The van der Waals surface area contributed by atoms with Crippen LogP contribution in [-0.2, 0) is 19.6 Å². The Morgan fingerprint density at radius 2 is 1.79 bits per heavy atom. The lowest BCUT2D eigenvalue weighted by Gasteiger charge is -2.30. The van der Waals surface area contributed by atoms with Crippen molar-refractivity contribution in [3.05, 3.63) is 53.7 Å². The molecule has 1 saturated heterocycles. The molecule has 4 N–H and O–H groups in total. The fourth-order valence-corrected chi connectivity index (χ4v) is 4.78. The van der Waals surface area contributed by atoms with Gasteiger partial charge in [-0.15, -0.1) is 13.2 Å². The van der Waals surface area contributed by atoms with Crippen molar-refractivity contribution < 1.29 is 17.9 Å². The van der Waals surface area contributed by atoms with Gasteiger partial charge < -0.3 is 20.8 Å². The lowest BCUT2D eigenvalue weighted by atomic mass is 9.97. The van der Waals surface area contributed by atoms with Gasteiger partial charge in [-0.05, 0) is 85.8 Å². The van der Waals surface area contributed by atoms with Crippen LogP contribution in [0, 0.1) is 5.92 Å². The van der Waals surface area contributed by atoms with Crippen molar-refractivity contribution in [1.29, 1.82) is 0 Å². The number of benzene rings is 2. The number of halogens is 3. The number of aryl methyl sites for hydroxylation is 1. The second kappa shape index (κ2) is 10.4.